The first kappa shape index (κ1) is 12.3. The van der Waals surface area contributed by atoms with Gasteiger partial charge in [0.1, 0.15) is 11.9 Å². The van der Waals surface area contributed by atoms with Gasteiger partial charge >= 0.3 is 0 Å². The summed E-state index contributed by atoms with van der Waals surface area (Å²) in [5, 5.41) is 0. The highest BCUT2D eigenvalue weighted by molar-refractivity contribution is 9.10. The highest BCUT2D eigenvalue weighted by Gasteiger charge is 2.06. The fourth-order valence-electron chi connectivity index (χ4n) is 1.26. The molecular weight excluding hydrogens is 254 g/mol. The van der Waals surface area contributed by atoms with Gasteiger partial charge in [-0.05, 0) is 43.7 Å². The van der Waals surface area contributed by atoms with Gasteiger partial charge < -0.3 is 10.5 Å². The molecule has 0 heterocycles. The SMILES string of the molecule is C=CC(C)Oc1ccc(Br)cc1CCN. The Morgan fingerprint density at radius 2 is 2.33 bits per heavy atom. The first-order chi connectivity index (χ1) is 7.17. The predicted molar refractivity (Wildman–Crippen MR) is 67.2 cm³/mol. The summed E-state index contributed by atoms with van der Waals surface area (Å²) < 4.78 is 6.75. The van der Waals surface area contributed by atoms with Crippen LogP contribution in [0.2, 0.25) is 0 Å². The van der Waals surface area contributed by atoms with Crippen LogP contribution in [0.3, 0.4) is 0 Å². The van der Waals surface area contributed by atoms with Gasteiger partial charge in [-0.2, -0.15) is 0 Å². The van der Waals surface area contributed by atoms with E-state index >= 15 is 0 Å². The molecule has 1 unspecified atom stereocenters. The molecule has 0 bridgehead atoms. The summed E-state index contributed by atoms with van der Waals surface area (Å²) in [4.78, 5) is 0. The Balaban J connectivity index is 2.89. The summed E-state index contributed by atoms with van der Waals surface area (Å²) in [6, 6.07) is 5.96. The van der Waals surface area contributed by atoms with Gasteiger partial charge in [0.05, 0.1) is 0 Å². The largest absolute Gasteiger partial charge is 0.486 e. The number of halogens is 1. The molecule has 2 nitrogen and oxygen atoms in total. The van der Waals surface area contributed by atoms with Crippen LogP contribution in [0.1, 0.15) is 12.5 Å². The molecule has 15 heavy (non-hydrogen) atoms. The van der Waals surface area contributed by atoms with Crippen molar-refractivity contribution in [2.45, 2.75) is 19.4 Å². The van der Waals surface area contributed by atoms with E-state index in [9.17, 15) is 0 Å². The quantitative estimate of drug-likeness (QED) is 0.835. The molecule has 3 heteroatoms. The van der Waals surface area contributed by atoms with E-state index in [1.807, 2.05) is 25.1 Å². The Hall–Kier alpha value is -0.800. The number of nitrogens with two attached hydrogens (primary N) is 1. The van der Waals surface area contributed by atoms with Crippen molar-refractivity contribution in [3.05, 3.63) is 40.9 Å². The van der Waals surface area contributed by atoms with Gasteiger partial charge in [0.15, 0.2) is 0 Å². The highest BCUT2D eigenvalue weighted by atomic mass is 79.9. The van der Waals surface area contributed by atoms with Crippen LogP contribution >= 0.6 is 15.9 Å². The summed E-state index contributed by atoms with van der Waals surface area (Å²) in [7, 11) is 0. The monoisotopic (exact) mass is 269 g/mol. The molecule has 0 fully saturated rings. The van der Waals surface area contributed by atoms with Crippen LogP contribution in [0.25, 0.3) is 0 Å². The summed E-state index contributed by atoms with van der Waals surface area (Å²) in [6.45, 7) is 6.27. The number of hydrogen-bond acceptors (Lipinski definition) is 2. The number of ether oxygens (including phenoxy) is 1. The lowest BCUT2D eigenvalue weighted by Crippen LogP contribution is -2.11. The Kier molecular flexibility index (Phi) is 4.85. The van der Waals surface area contributed by atoms with Gasteiger partial charge in [0, 0.05) is 4.47 Å². The third-order valence-electron chi connectivity index (χ3n) is 2.08. The number of rotatable bonds is 5. The molecule has 2 N–H and O–H groups in total. The second-order valence-electron chi connectivity index (χ2n) is 3.35. The lowest BCUT2D eigenvalue weighted by Gasteiger charge is -2.14. The first-order valence-corrected chi connectivity index (χ1v) is 5.74. The molecule has 0 saturated carbocycles. The van der Waals surface area contributed by atoms with Crippen LogP contribution < -0.4 is 10.5 Å². The van der Waals surface area contributed by atoms with Crippen molar-refractivity contribution in [3.63, 3.8) is 0 Å². The summed E-state index contributed by atoms with van der Waals surface area (Å²) in [5.41, 5.74) is 6.68. The van der Waals surface area contributed by atoms with E-state index in [2.05, 4.69) is 22.5 Å². The minimum atomic E-state index is 0.0164. The molecule has 1 rings (SSSR count). The Bertz CT molecular complexity index is 338. The molecule has 1 aromatic carbocycles. The summed E-state index contributed by atoms with van der Waals surface area (Å²) in [5.74, 6) is 0.885. The summed E-state index contributed by atoms with van der Waals surface area (Å²) in [6.07, 6.45) is 2.61. The topological polar surface area (TPSA) is 35.2 Å². The lowest BCUT2D eigenvalue weighted by atomic mass is 10.1. The fourth-order valence-corrected chi connectivity index (χ4v) is 1.67. The molecule has 0 aromatic heterocycles. The third kappa shape index (κ3) is 3.68. The van der Waals surface area contributed by atoms with Crippen LogP contribution in [0.4, 0.5) is 0 Å². The van der Waals surface area contributed by atoms with Crippen molar-refractivity contribution in [3.8, 4) is 5.75 Å². The third-order valence-corrected chi connectivity index (χ3v) is 2.57. The fraction of sp³-hybridized carbons (Fsp3) is 0.333. The van der Waals surface area contributed by atoms with Crippen molar-refractivity contribution in [2.24, 2.45) is 5.73 Å². The van der Waals surface area contributed by atoms with E-state index in [4.69, 9.17) is 10.5 Å². The van der Waals surface area contributed by atoms with Gasteiger partial charge in [-0.15, -0.1) is 0 Å². The molecule has 0 aliphatic heterocycles. The average molecular weight is 270 g/mol. The van der Waals surface area contributed by atoms with Gasteiger partial charge in [0.2, 0.25) is 0 Å². The zero-order chi connectivity index (χ0) is 11.3. The highest BCUT2D eigenvalue weighted by Crippen LogP contribution is 2.24. The maximum Gasteiger partial charge on any atom is 0.123 e. The number of hydrogen-bond donors (Lipinski definition) is 1. The van der Waals surface area contributed by atoms with Gasteiger partial charge in [-0.3, -0.25) is 0 Å². The van der Waals surface area contributed by atoms with E-state index in [1.165, 1.54) is 0 Å². The second-order valence-corrected chi connectivity index (χ2v) is 4.27. The van der Waals surface area contributed by atoms with E-state index in [-0.39, 0.29) is 6.10 Å². The molecule has 0 radical (unpaired) electrons. The normalized spacial score (nSPS) is 12.2. The van der Waals surface area contributed by atoms with Crippen LogP contribution in [-0.2, 0) is 6.42 Å². The first-order valence-electron chi connectivity index (χ1n) is 4.95. The molecular formula is C12H16BrNO. The predicted octanol–water partition coefficient (Wildman–Crippen LogP) is 2.90. The van der Waals surface area contributed by atoms with Gasteiger partial charge in [-0.1, -0.05) is 28.6 Å². The molecule has 0 amide bonds. The molecule has 0 aliphatic carbocycles. The van der Waals surface area contributed by atoms with Crippen LogP contribution in [0.5, 0.6) is 5.75 Å². The maximum absolute atomic E-state index is 5.71. The van der Waals surface area contributed by atoms with E-state index in [0.29, 0.717) is 6.54 Å². The summed E-state index contributed by atoms with van der Waals surface area (Å²) >= 11 is 3.43. The number of benzene rings is 1. The van der Waals surface area contributed by atoms with E-state index in [1.54, 1.807) is 6.08 Å². The van der Waals surface area contributed by atoms with Crippen LogP contribution in [0, 0.1) is 0 Å². The van der Waals surface area contributed by atoms with E-state index < -0.39 is 0 Å². The lowest BCUT2D eigenvalue weighted by molar-refractivity contribution is 0.267. The molecule has 1 aromatic rings. The maximum atomic E-state index is 5.71. The molecule has 82 valence electrons. The Morgan fingerprint density at radius 3 is 2.93 bits per heavy atom. The molecule has 1 atom stereocenters. The Morgan fingerprint density at radius 1 is 1.60 bits per heavy atom. The second kappa shape index (κ2) is 5.93. The van der Waals surface area contributed by atoms with Crippen molar-refractivity contribution in [2.75, 3.05) is 6.54 Å². The van der Waals surface area contributed by atoms with Crippen molar-refractivity contribution >= 4 is 15.9 Å². The van der Waals surface area contributed by atoms with Crippen molar-refractivity contribution < 1.29 is 4.74 Å². The smallest absolute Gasteiger partial charge is 0.123 e. The Labute approximate surface area is 99.3 Å². The zero-order valence-electron chi connectivity index (χ0n) is 8.87. The molecule has 0 saturated heterocycles. The minimum Gasteiger partial charge on any atom is -0.486 e. The zero-order valence-corrected chi connectivity index (χ0v) is 10.5. The van der Waals surface area contributed by atoms with Crippen molar-refractivity contribution in [1.29, 1.82) is 0 Å². The standard InChI is InChI=1S/C12H16BrNO/c1-3-9(2)15-12-5-4-11(13)8-10(12)6-7-14/h3-5,8-9H,1,6-7,14H2,2H3. The van der Waals surface area contributed by atoms with Gasteiger partial charge in [-0.25, -0.2) is 0 Å². The molecule has 0 spiro atoms. The average Bonchev–Trinajstić information content (AvgIpc) is 2.22. The molecule has 0 aliphatic rings. The van der Waals surface area contributed by atoms with Crippen LogP contribution in [0.15, 0.2) is 35.3 Å². The van der Waals surface area contributed by atoms with E-state index in [0.717, 1.165) is 22.2 Å². The van der Waals surface area contributed by atoms with Gasteiger partial charge in [0.25, 0.3) is 0 Å². The minimum absolute atomic E-state index is 0.0164. The van der Waals surface area contributed by atoms with Crippen LogP contribution in [-0.4, -0.2) is 12.6 Å². The van der Waals surface area contributed by atoms with Crippen molar-refractivity contribution in [1.82, 2.24) is 0 Å².